The first kappa shape index (κ1) is 18.5. The van der Waals surface area contributed by atoms with E-state index in [0.29, 0.717) is 13.1 Å². The first-order valence-corrected chi connectivity index (χ1v) is 7.09. The van der Waals surface area contributed by atoms with Crippen LogP contribution in [0, 0.1) is 0 Å². The molecule has 7 nitrogen and oxygen atoms in total. The average Bonchev–Trinajstić information content (AvgIpc) is 2.44. The van der Waals surface area contributed by atoms with Crippen LogP contribution in [0.3, 0.4) is 0 Å². The highest BCUT2D eigenvalue weighted by Gasteiger charge is 2.15. The van der Waals surface area contributed by atoms with Gasteiger partial charge in [-0.25, -0.2) is 9.59 Å². The van der Waals surface area contributed by atoms with E-state index in [2.05, 4.69) is 10.6 Å². The molecule has 0 aliphatic rings. The smallest absolute Gasteiger partial charge is 0.407 e. The van der Waals surface area contributed by atoms with Gasteiger partial charge in [0.2, 0.25) is 0 Å². The average molecular weight is 290 g/mol. The van der Waals surface area contributed by atoms with E-state index < -0.39 is 24.9 Å². The number of hydrogen-bond acceptors (Lipinski definition) is 5. The Bertz CT molecular complexity index is 273. The normalized spacial score (nSPS) is 11.6. The van der Waals surface area contributed by atoms with Gasteiger partial charge in [0, 0.05) is 13.1 Å². The molecule has 7 heteroatoms. The summed E-state index contributed by atoms with van der Waals surface area (Å²) >= 11 is 0. The molecule has 0 aromatic carbocycles. The predicted molar refractivity (Wildman–Crippen MR) is 74.5 cm³/mol. The molecule has 1 atom stereocenters. The second-order valence-corrected chi connectivity index (χ2v) is 4.37. The summed E-state index contributed by atoms with van der Waals surface area (Å²) in [6.07, 6.45) is 1.61. The van der Waals surface area contributed by atoms with Crippen LogP contribution < -0.4 is 10.6 Å². The van der Waals surface area contributed by atoms with Crippen molar-refractivity contribution < 1.29 is 24.2 Å². The minimum absolute atomic E-state index is 0.171. The van der Waals surface area contributed by atoms with E-state index in [4.69, 9.17) is 14.6 Å². The summed E-state index contributed by atoms with van der Waals surface area (Å²) in [6.45, 7) is 4.51. The molecular formula is C13H26N2O5. The van der Waals surface area contributed by atoms with Crippen molar-refractivity contribution in [2.45, 2.75) is 45.6 Å². The molecule has 0 fully saturated rings. The van der Waals surface area contributed by atoms with Crippen LogP contribution in [-0.4, -0.2) is 49.7 Å². The van der Waals surface area contributed by atoms with Crippen LogP contribution in [0.5, 0.6) is 0 Å². The Morgan fingerprint density at radius 3 is 2.10 bits per heavy atom. The maximum absolute atomic E-state index is 11.3. The van der Waals surface area contributed by atoms with E-state index in [9.17, 15) is 9.59 Å². The molecule has 0 rings (SSSR count). The zero-order chi connectivity index (χ0) is 15.2. The topological polar surface area (TPSA) is 96.9 Å². The van der Waals surface area contributed by atoms with Gasteiger partial charge in [0.25, 0.3) is 0 Å². The molecule has 0 bridgehead atoms. The maximum Gasteiger partial charge on any atom is 0.407 e. The molecule has 0 saturated heterocycles. The minimum Gasteiger partial charge on any atom is -0.446 e. The predicted octanol–water partition coefficient (Wildman–Crippen LogP) is 1.40. The molecule has 3 N–H and O–H groups in total. The van der Waals surface area contributed by atoms with Crippen molar-refractivity contribution in [2.24, 2.45) is 0 Å². The Labute approximate surface area is 120 Å². The fraction of sp³-hybridized carbons (Fsp3) is 0.846. The molecular weight excluding hydrogens is 264 g/mol. The van der Waals surface area contributed by atoms with E-state index in [1.54, 1.807) is 0 Å². The van der Waals surface area contributed by atoms with E-state index in [1.165, 1.54) is 0 Å². The number of carbonyl (C=O) groups excluding carboxylic acids is 2. The van der Waals surface area contributed by atoms with Gasteiger partial charge in [-0.15, -0.1) is 0 Å². The Hall–Kier alpha value is -1.50. The lowest BCUT2D eigenvalue weighted by atomic mass is 10.3. The van der Waals surface area contributed by atoms with Crippen LogP contribution >= 0.6 is 0 Å². The lowest BCUT2D eigenvalue weighted by Crippen LogP contribution is -2.36. The molecule has 20 heavy (non-hydrogen) atoms. The van der Waals surface area contributed by atoms with Gasteiger partial charge < -0.3 is 25.2 Å². The van der Waals surface area contributed by atoms with Gasteiger partial charge in [0.05, 0.1) is 6.61 Å². The Balaban J connectivity index is 3.79. The molecule has 0 radical (unpaired) electrons. The first-order valence-electron chi connectivity index (χ1n) is 7.09. The molecule has 0 saturated carbocycles. The van der Waals surface area contributed by atoms with Crippen molar-refractivity contribution in [2.75, 3.05) is 26.3 Å². The second-order valence-electron chi connectivity index (χ2n) is 4.37. The van der Waals surface area contributed by atoms with Crippen LogP contribution in [0.1, 0.15) is 39.5 Å². The number of rotatable bonds is 10. The summed E-state index contributed by atoms with van der Waals surface area (Å²) in [6, 6.07) is 0. The highest BCUT2D eigenvalue weighted by atomic mass is 16.6. The third kappa shape index (κ3) is 10.4. The Morgan fingerprint density at radius 1 is 1.05 bits per heavy atom. The van der Waals surface area contributed by atoms with E-state index in [-0.39, 0.29) is 6.61 Å². The van der Waals surface area contributed by atoms with Gasteiger partial charge >= 0.3 is 12.2 Å². The van der Waals surface area contributed by atoms with Crippen molar-refractivity contribution >= 4 is 12.2 Å². The van der Waals surface area contributed by atoms with E-state index >= 15 is 0 Å². The lowest BCUT2D eigenvalue weighted by Gasteiger charge is -2.16. The van der Waals surface area contributed by atoms with Crippen LogP contribution in [-0.2, 0) is 9.47 Å². The quantitative estimate of drug-likeness (QED) is 0.528. The number of hydrogen-bond donors (Lipinski definition) is 3. The van der Waals surface area contributed by atoms with Crippen molar-refractivity contribution in [1.29, 1.82) is 0 Å². The molecule has 0 spiro atoms. The maximum atomic E-state index is 11.3. The van der Waals surface area contributed by atoms with Crippen LogP contribution in [0.25, 0.3) is 0 Å². The number of nitrogens with one attached hydrogen (secondary N) is 2. The summed E-state index contributed by atoms with van der Waals surface area (Å²) in [5.41, 5.74) is 0. The molecule has 0 aliphatic heterocycles. The largest absolute Gasteiger partial charge is 0.446 e. The van der Waals surface area contributed by atoms with Gasteiger partial charge in [-0.3, -0.25) is 0 Å². The Kier molecular flexibility index (Phi) is 11.6. The van der Waals surface area contributed by atoms with Gasteiger partial charge in [-0.05, 0) is 12.8 Å². The fourth-order valence-corrected chi connectivity index (χ4v) is 1.27. The molecule has 0 aromatic heterocycles. The summed E-state index contributed by atoms with van der Waals surface area (Å²) < 4.78 is 9.77. The van der Waals surface area contributed by atoms with E-state index in [1.807, 2.05) is 13.8 Å². The Morgan fingerprint density at radius 2 is 1.60 bits per heavy atom. The van der Waals surface area contributed by atoms with Crippen molar-refractivity contribution in [3.63, 3.8) is 0 Å². The summed E-state index contributed by atoms with van der Waals surface area (Å²) in [5.74, 6) is 0. The molecule has 1 unspecified atom stereocenters. The van der Waals surface area contributed by atoms with Crippen molar-refractivity contribution in [3.05, 3.63) is 0 Å². The van der Waals surface area contributed by atoms with Crippen LogP contribution in [0.4, 0.5) is 9.59 Å². The van der Waals surface area contributed by atoms with Crippen LogP contribution in [0.15, 0.2) is 0 Å². The summed E-state index contributed by atoms with van der Waals surface area (Å²) in [5, 5.41) is 14.2. The lowest BCUT2D eigenvalue weighted by molar-refractivity contribution is 0.0141. The fourth-order valence-electron chi connectivity index (χ4n) is 1.27. The van der Waals surface area contributed by atoms with Crippen molar-refractivity contribution in [3.8, 4) is 0 Å². The van der Waals surface area contributed by atoms with Gasteiger partial charge in [-0.2, -0.15) is 0 Å². The third-order valence-corrected chi connectivity index (χ3v) is 2.48. The highest BCUT2D eigenvalue weighted by molar-refractivity contribution is 5.68. The van der Waals surface area contributed by atoms with Gasteiger partial charge in [0.15, 0.2) is 6.10 Å². The second kappa shape index (κ2) is 12.5. The van der Waals surface area contributed by atoms with E-state index in [0.717, 1.165) is 25.7 Å². The number of amides is 2. The SMILES string of the molecule is CCCCNC(=O)OCC(CO)OC(=O)NCCCC. The minimum atomic E-state index is -0.853. The van der Waals surface area contributed by atoms with Gasteiger partial charge in [0.1, 0.15) is 6.61 Å². The molecule has 2 amide bonds. The number of ether oxygens (including phenoxy) is 2. The third-order valence-electron chi connectivity index (χ3n) is 2.48. The molecule has 0 heterocycles. The number of alkyl carbamates (subject to hydrolysis) is 2. The number of aliphatic hydroxyl groups is 1. The standard InChI is InChI=1S/C13H26N2O5/c1-3-5-7-14-12(17)19-10-11(9-16)20-13(18)15-8-6-4-2/h11,16H,3-10H2,1-2H3,(H,14,17)(H,15,18). The van der Waals surface area contributed by atoms with Crippen molar-refractivity contribution in [1.82, 2.24) is 10.6 Å². The molecule has 0 aliphatic carbocycles. The summed E-state index contributed by atoms with van der Waals surface area (Å²) in [7, 11) is 0. The van der Waals surface area contributed by atoms with Crippen LogP contribution in [0.2, 0.25) is 0 Å². The van der Waals surface area contributed by atoms with Gasteiger partial charge in [-0.1, -0.05) is 26.7 Å². The molecule has 0 aromatic rings. The first-order chi connectivity index (χ1) is 9.63. The molecule has 118 valence electrons. The summed E-state index contributed by atoms with van der Waals surface area (Å²) in [4.78, 5) is 22.6. The number of unbranched alkanes of at least 4 members (excludes halogenated alkanes) is 2. The number of aliphatic hydroxyl groups excluding tert-OH is 1. The zero-order valence-electron chi connectivity index (χ0n) is 12.3. The zero-order valence-corrected chi connectivity index (χ0v) is 12.3. The number of carbonyl (C=O) groups is 2. The highest BCUT2D eigenvalue weighted by Crippen LogP contribution is 1.95. The monoisotopic (exact) mass is 290 g/mol.